The van der Waals surface area contributed by atoms with Gasteiger partial charge in [0.15, 0.2) is 6.10 Å². The molecule has 1 aromatic heterocycles. The topological polar surface area (TPSA) is 65.5 Å². The quantitative estimate of drug-likeness (QED) is 0.583. The third-order valence-electron chi connectivity index (χ3n) is 2.06. The summed E-state index contributed by atoms with van der Waals surface area (Å²) < 4.78 is 9.60. The van der Waals surface area contributed by atoms with Gasteiger partial charge in [0.1, 0.15) is 0 Å². The first kappa shape index (κ1) is 12.9. The number of carbonyl (C=O) groups is 2. The Morgan fingerprint density at radius 2 is 1.94 bits per heavy atom. The van der Waals surface area contributed by atoms with Crippen LogP contribution in [0, 0.1) is 0 Å². The Balaban J connectivity index is 3.00. The van der Waals surface area contributed by atoms with Crippen LogP contribution in [0.25, 0.3) is 0 Å². The number of carbonyl (C=O) groups excluding carboxylic acids is 2. The summed E-state index contributed by atoms with van der Waals surface area (Å²) in [6, 6.07) is 3.28. The minimum absolute atomic E-state index is 0.0638. The number of nitrogens with zero attached hydrogens (tertiary/aromatic N) is 1. The van der Waals surface area contributed by atoms with Gasteiger partial charge in [-0.25, -0.2) is 4.79 Å². The van der Waals surface area contributed by atoms with Gasteiger partial charge in [0.25, 0.3) is 0 Å². The van der Waals surface area contributed by atoms with E-state index in [0.29, 0.717) is 5.56 Å². The van der Waals surface area contributed by atoms with Crippen molar-refractivity contribution in [3.8, 4) is 0 Å². The fraction of sp³-hybridized carbons (Fsp3) is 0.250. The molecule has 1 unspecified atom stereocenters. The van der Waals surface area contributed by atoms with Gasteiger partial charge in [-0.05, 0) is 12.1 Å². The fourth-order valence-corrected chi connectivity index (χ4v) is 1.28. The normalized spacial score (nSPS) is 11.4. The van der Waals surface area contributed by atoms with Gasteiger partial charge in [-0.15, -0.1) is 0 Å². The van der Waals surface area contributed by atoms with Crippen molar-refractivity contribution in [2.24, 2.45) is 0 Å². The Labute approximate surface area is 99.1 Å². The monoisotopic (exact) mass is 235 g/mol. The van der Waals surface area contributed by atoms with Crippen molar-refractivity contribution in [1.82, 2.24) is 4.98 Å². The largest absolute Gasteiger partial charge is 0.466 e. The number of hydrogen-bond donors (Lipinski definition) is 0. The molecule has 1 atom stereocenters. The van der Waals surface area contributed by atoms with Crippen LogP contribution in [0.5, 0.6) is 0 Å². The highest BCUT2D eigenvalue weighted by Crippen LogP contribution is 2.25. The van der Waals surface area contributed by atoms with E-state index in [1.54, 1.807) is 12.1 Å². The van der Waals surface area contributed by atoms with Crippen molar-refractivity contribution < 1.29 is 19.1 Å². The highest BCUT2D eigenvalue weighted by atomic mass is 16.6. The van der Waals surface area contributed by atoms with Gasteiger partial charge in [0, 0.05) is 24.9 Å². The molecule has 0 saturated carbocycles. The number of ether oxygens (including phenoxy) is 2. The third-order valence-corrected chi connectivity index (χ3v) is 2.06. The molecule has 1 rings (SSSR count). The Morgan fingerprint density at radius 1 is 1.35 bits per heavy atom. The summed E-state index contributed by atoms with van der Waals surface area (Å²) in [4.78, 5) is 26.2. The second-order valence-electron chi connectivity index (χ2n) is 3.29. The second kappa shape index (κ2) is 5.79. The number of rotatable bonds is 4. The van der Waals surface area contributed by atoms with Crippen molar-refractivity contribution >= 4 is 11.9 Å². The average molecular weight is 235 g/mol. The van der Waals surface area contributed by atoms with Gasteiger partial charge in [-0.2, -0.15) is 0 Å². The summed E-state index contributed by atoms with van der Waals surface area (Å²) in [6.45, 7) is 4.85. The number of pyridine rings is 1. The van der Waals surface area contributed by atoms with E-state index in [1.165, 1.54) is 26.4 Å². The predicted octanol–water partition coefficient (Wildman–Crippen LogP) is 1.41. The molecule has 0 N–H and O–H groups in total. The maximum absolute atomic E-state index is 11.4. The SMILES string of the molecule is C=C(C(=O)OC)C(OC(C)=O)c1ccncc1. The summed E-state index contributed by atoms with van der Waals surface area (Å²) in [7, 11) is 1.24. The van der Waals surface area contributed by atoms with E-state index < -0.39 is 18.0 Å². The molecule has 0 aromatic carbocycles. The Bertz CT molecular complexity index is 427. The van der Waals surface area contributed by atoms with Gasteiger partial charge >= 0.3 is 11.9 Å². The highest BCUT2D eigenvalue weighted by molar-refractivity contribution is 5.89. The predicted molar refractivity (Wildman–Crippen MR) is 59.9 cm³/mol. The van der Waals surface area contributed by atoms with E-state index in [9.17, 15) is 9.59 Å². The Kier molecular flexibility index (Phi) is 4.39. The minimum atomic E-state index is -0.844. The highest BCUT2D eigenvalue weighted by Gasteiger charge is 2.24. The van der Waals surface area contributed by atoms with Crippen LogP contribution in [0.15, 0.2) is 36.7 Å². The van der Waals surface area contributed by atoms with Gasteiger partial charge in [0.05, 0.1) is 12.7 Å². The van der Waals surface area contributed by atoms with Crippen LogP contribution in [0.1, 0.15) is 18.6 Å². The number of methoxy groups -OCH3 is 1. The molecule has 0 bridgehead atoms. The van der Waals surface area contributed by atoms with Gasteiger partial charge in [0.2, 0.25) is 0 Å². The van der Waals surface area contributed by atoms with Crippen LogP contribution < -0.4 is 0 Å². The van der Waals surface area contributed by atoms with Crippen molar-refractivity contribution in [3.05, 3.63) is 42.2 Å². The van der Waals surface area contributed by atoms with Gasteiger partial charge in [-0.1, -0.05) is 6.58 Å². The molecule has 5 heteroatoms. The van der Waals surface area contributed by atoms with Crippen LogP contribution in [-0.4, -0.2) is 24.0 Å². The zero-order valence-corrected chi connectivity index (χ0v) is 9.67. The van der Waals surface area contributed by atoms with Crippen LogP contribution in [0.3, 0.4) is 0 Å². The van der Waals surface area contributed by atoms with Crippen LogP contribution in [0.2, 0.25) is 0 Å². The van der Waals surface area contributed by atoms with E-state index in [0.717, 1.165) is 0 Å². The van der Waals surface area contributed by atoms with Gasteiger partial charge < -0.3 is 9.47 Å². The first-order chi connectivity index (χ1) is 8.06. The number of hydrogen-bond acceptors (Lipinski definition) is 5. The molecule has 0 radical (unpaired) electrons. The Morgan fingerprint density at radius 3 is 2.41 bits per heavy atom. The summed E-state index contributed by atoms with van der Waals surface area (Å²) in [5, 5.41) is 0. The van der Waals surface area contributed by atoms with Crippen molar-refractivity contribution in [2.45, 2.75) is 13.0 Å². The van der Waals surface area contributed by atoms with Crippen molar-refractivity contribution in [3.63, 3.8) is 0 Å². The van der Waals surface area contributed by atoms with Crippen LogP contribution in [0.4, 0.5) is 0 Å². The molecule has 0 aliphatic rings. The van der Waals surface area contributed by atoms with E-state index >= 15 is 0 Å². The lowest BCUT2D eigenvalue weighted by atomic mass is 10.0. The molecule has 5 nitrogen and oxygen atoms in total. The lowest BCUT2D eigenvalue weighted by Gasteiger charge is -2.17. The molecular weight excluding hydrogens is 222 g/mol. The molecule has 1 heterocycles. The van der Waals surface area contributed by atoms with E-state index in [-0.39, 0.29) is 5.57 Å². The zero-order chi connectivity index (χ0) is 12.8. The molecule has 0 saturated heterocycles. The molecule has 0 aliphatic carbocycles. The molecule has 0 fully saturated rings. The molecule has 0 amide bonds. The molecule has 17 heavy (non-hydrogen) atoms. The van der Waals surface area contributed by atoms with Crippen molar-refractivity contribution in [1.29, 1.82) is 0 Å². The number of esters is 2. The smallest absolute Gasteiger partial charge is 0.337 e. The molecule has 90 valence electrons. The standard InChI is InChI=1S/C12H13NO4/c1-8(12(15)16-3)11(17-9(2)14)10-4-6-13-7-5-10/h4-7,11H,1H2,2-3H3. The molecule has 0 spiro atoms. The summed E-state index contributed by atoms with van der Waals surface area (Å²) in [5.74, 6) is -1.12. The van der Waals surface area contributed by atoms with E-state index in [4.69, 9.17) is 4.74 Å². The maximum Gasteiger partial charge on any atom is 0.337 e. The van der Waals surface area contributed by atoms with Crippen molar-refractivity contribution in [2.75, 3.05) is 7.11 Å². The lowest BCUT2D eigenvalue weighted by Crippen LogP contribution is -2.17. The zero-order valence-electron chi connectivity index (χ0n) is 9.67. The minimum Gasteiger partial charge on any atom is -0.466 e. The summed E-state index contributed by atoms with van der Waals surface area (Å²) >= 11 is 0. The van der Waals surface area contributed by atoms with Crippen LogP contribution in [-0.2, 0) is 19.1 Å². The molecular formula is C12H13NO4. The molecule has 0 aliphatic heterocycles. The third kappa shape index (κ3) is 3.41. The Hall–Kier alpha value is -2.17. The first-order valence-corrected chi connectivity index (χ1v) is 4.90. The fourth-order valence-electron chi connectivity index (χ4n) is 1.28. The number of aromatic nitrogens is 1. The average Bonchev–Trinajstić information content (AvgIpc) is 2.35. The van der Waals surface area contributed by atoms with E-state index in [2.05, 4.69) is 16.3 Å². The summed E-state index contributed by atoms with van der Waals surface area (Å²) in [6.07, 6.45) is 2.23. The van der Waals surface area contributed by atoms with Crippen LogP contribution >= 0.6 is 0 Å². The summed E-state index contributed by atoms with van der Waals surface area (Å²) in [5.41, 5.74) is 0.680. The molecule has 1 aromatic rings. The first-order valence-electron chi connectivity index (χ1n) is 4.90. The van der Waals surface area contributed by atoms with E-state index in [1.807, 2.05) is 0 Å². The maximum atomic E-state index is 11.4. The van der Waals surface area contributed by atoms with Gasteiger partial charge in [-0.3, -0.25) is 9.78 Å². The second-order valence-corrected chi connectivity index (χ2v) is 3.29. The lowest BCUT2D eigenvalue weighted by molar-refractivity contribution is -0.147.